The van der Waals surface area contributed by atoms with Gasteiger partial charge in [-0.1, -0.05) is 19.1 Å². The Balaban J connectivity index is 1.91. The van der Waals surface area contributed by atoms with Crippen molar-refractivity contribution in [2.24, 2.45) is 5.92 Å². The highest BCUT2D eigenvalue weighted by Crippen LogP contribution is 2.19. The highest BCUT2D eigenvalue weighted by Gasteiger charge is 2.27. The summed E-state index contributed by atoms with van der Waals surface area (Å²) in [6.07, 6.45) is 0.265. The highest BCUT2D eigenvalue weighted by molar-refractivity contribution is 5.78. The molecule has 0 radical (unpaired) electrons. The number of aliphatic hydroxyl groups excluding tert-OH is 1. The zero-order valence-corrected chi connectivity index (χ0v) is 11.5. The van der Waals surface area contributed by atoms with E-state index in [4.69, 9.17) is 10.00 Å². The third-order valence-electron chi connectivity index (χ3n) is 3.57. The molecule has 1 N–H and O–H groups in total. The smallest absolute Gasteiger partial charge is 0.260 e. The number of hydrogen-bond donors (Lipinski definition) is 1. The Morgan fingerprint density at radius 3 is 3.00 bits per heavy atom. The predicted molar refractivity (Wildman–Crippen MR) is 73.0 cm³/mol. The average Bonchev–Trinajstić information content (AvgIpc) is 2.47. The summed E-state index contributed by atoms with van der Waals surface area (Å²) in [6, 6.07) is 8.87. The molecule has 1 amide bonds. The molecule has 2 rings (SSSR count). The lowest BCUT2D eigenvalue weighted by Crippen LogP contribution is -2.46. The van der Waals surface area contributed by atoms with Crippen LogP contribution in [0, 0.1) is 17.2 Å². The molecule has 2 atom stereocenters. The Morgan fingerprint density at radius 2 is 2.30 bits per heavy atom. The Labute approximate surface area is 118 Å². The number of piperidine rings is 1. The number of rotatable bonds is 3. The molecule has 0 aromatic heterocycles. The molecule has 1 fully saturated rings. The summed E-state index contributed by atoms with van der Waals surface area (Å²) < 4.78 is 5.43. The molecular weight excluding hydrogens is 256 g/mol. The van der Waals surface area contributed by atoms with Gasteiger partial charge >= 0.3 is 0 Å². The fraction of sp³-hybridized carbons (Fsp3) is 0.467. The van der Waals surface area contributed by atoms with E-state index in [-0.39, 0.29) is 24.5 Å². The van der Waals surface area contributed by atoms with Gasteiger partial charge in [-0.05, 0) is 24.5 Å². The van der Waals surface area contributed by atoms with E-state index in [9.17, 15) is 9.90 Å². The number of hydrogen-bond acceptors (Lipinski definition) is 4. The van der Waals surface area contributed by atoms with Crippen molar-refractivity contribution in [2.75, 3.05) is 19.7 Å². The lowest BCUT2D eigenvalue weighted by Gasteiger charge is -2.34. The summed E-state index contributed by atoms with van der Waals surface area (Å²) in [4.78, 5) is 13.8. The van der Waals surface area contributed by atoms with Crippen molar-refractivity contribution in [1.82, 2.24) is 4.90 Å². The number of ether oxygens (including phenoxy) is 1. The van der Waals surface area contributed by atoms with Crippen LogP contribution in [-0.2, 0) is 4.79 Å². The van der Waals surface area contributed by atoms with E-state index < -0.39 is 0 Å². The molecule has 1 saturated heterocycles. The van der Waals surface area contributed by atoms with E-state index in [1.54, 1.807) is 29.2 Å². The van der Waals surface area contributed by atoms with Crippen LogP contribution < -0.4 is 4.74 Å². The van der Waals surface area contributed by atoms with Gasteiger partial charge in [0.2, 0.25) is 0 Å². The number of para-hydroxylation sites is 1. The van der Waals surface area contributed by atoms with Crippen LogP contribution in [0.1, 0.15) is 18.9 Å². The van der Waals surface area contributed by atoms with Crippen LogP contribution >= 0.6 is 0 Å². The predicted octanol–water partition coefficient (Wildman–Crippen LogP) is 1.17. The Morgan fingerprint density at radius 1 is 1.55 bits per heavy atom. The molecule has 1 aliphatic rings. The summed E-state index contributed by atoms with van der Waals surface area (Å²) in [5.41, 5.74) is 0.419. The molecule has 5 nitrogen and oxygen atoms in total. The highest BCUT2D eigenvalue weighted by atomic mass is 16.5. The number of nitriles is 1. The summed E-state index contributed by atoms with van der Waals surface area (Å²) >= 11 is 0. The van der Waals surface area contributed by atoms with E-state index in [2.05, 4.69) is 0 Å². The number of nitrogens with zero attached hydrogens (tertiary/aromatic N) is 2. The van der Waals surface area contributed by atoms with Crippen LogP contribution in [0.3, 0.4) is 0 Å². The molecule has 20 heavy (non-hydrogen) atoms. The van der Waals surface area contributed by atoms with Crippen LogP contribution in [0.5, 0.6) is 5.75 Å². The molecule has 0 bridgehead atoms. The molecule has 0 saturated carbocycles. The van der Waals surface area contributed by atoms with Crippen LogP contribution in [-0.4, -0.2) is 41.7 Å². The first-order valence-corrected chi connectivity index (χ1v) is 6.69. The van der Waals surface area contributed by atoms with Crippen molar-refractivity contribution in [3.8, 4) is 11.8 Å². The van der Waals surface area contributed by atoms with Crippen LogP contribution in [0.25, 0.3) is 0 Å². The van der Waals surface area contributed by atoms with Crippen molar-refractivity contribution in [3.63, 3.8) is 0 Å². The van der Waals surface area contributed by atoms with Crippen molar-refractivity contribution in [3.05, 3.63) is 29.8 Å². The maximum absolute atomic E-state index is 12.1. The summed E-state index contributed by atoms with van der Waals surface area (Å²) in [5, 5.41) is 18.6. The number of benzene rings is 1. The van der Waals surface area contributed by atoms with Crippen molar-refractivity contribution in [1.29, 1.82) is 5.26 Å². The zero-order valence-electron chi connectivity index (χ0n) is 11.5. The van der Waals surface area contributed by atoms with Gasteiger partial charge in [0, 0.05) is 13.1 Å². The zero-order chi connectivity index (χ0) is 14.5. The molecule has 5 heteroatoms. The molecule has 1 aromatic rings. The second-order valence-electron chi connectivity index (χ2n) is 5.07. The maximum atomic E-state index is 12.1. The molecule has 1 heterocycles. The maximum Gasteiger partial charge on any atom is 0.260 e. The second kappa shape index (κ2) is 6.40. The Kier molecular flexibility index (Phi) is 4.59. The summed E-state index contributed by atoms with van der Waals surface area (Å²) in [6.45, 7) is 2.94. The van der Waals surface area contributed by atoms with Crippen molar-refractivity contribution >= 4 is 5.91 Å². The monoisotopic (exact) mass is 274 g/mol. The number of carbonyl (C=O) groups excluding carboxylic acids is 1. The number of carbonyl (C=O) groups is 1. The SMILES string of the molecule is C[C@@H]1CN(C(=O)COc2ccccc2C#N)CC[C@H]1O. The van der Waals surface area contributed by atoms with E-state index >= 15 is 0 Å². The number of aliphatic hydroxyl groups is 1. The molecule has 0 unspecified atom stereocenters. The lowest BCUT2D eigenvalue weighted by atomic mass is 9.97. The van der Waals surface area contributed by atoms with Gasteiger partial charge in [-0.25, -0.2) is 0 Å². The molecule has 1 aromatic carbocycles. The van der Waals surface area contributed by atoms with Crippen LogP contribution in [0.15, 0.2) is 24.3 Å². The topological polar surface area (TPSA) is 73.6 Å². The van der Waals surface area contributed by atoms with Gasteiger partial charge in [0.25, 0.3) is 5.91 Å². The largest absolute Gasteiger partial charge is 0.482 e. The second-order valence-corrected chi connectivity index (χ2v) is 5.07. The normalized spacial score (nSPS) is 22.1. The van der Waals surface area contributed by atoms with Gasteiger partial charge in [0.1, 0.15) is 11.8 Å². The molecule has 1 aliphatic heterocycles. The summed E-state index contributed by atoms with van der Waals surface area (Å²) in [5.74, 6) is 0.393. The first kappa shape index (κ1) is 14.4. The van der Waals surface area contributed by atoms with Crippen molar-refractivity contribution < 1.29 is 14.6 Å². The van der Waals surface area contributed by atoms with E-state index in [0.29, 0.717) is 30.8 Å². The quantitative estimate of drug-likeness (QED) is 0.897. The first-order chi connectivity index (χ1) is 9.61. The average molecular weight is 274 g/mol. The minimum absolute atomic E-state index is 0.0818. The standard InChI is InChI=1S/C15H18N2O3/c1-11-9-17(7-6-13(11)18)15(19)10-20-14-5-3-2-4-12(14)8-16/h2-5,11,13,18H,6-7,9-10H2,1H3/t11-,13-/m1/s1. The Hall–Kier alpha value is -2.06. The fourth-order valence-corrected chi connectivity index (χ4v) is 2.28. The van der Waals surface area contributed by atoms with Crippen LogP contribution in [0.2, 0.25) is 0 Å². The van der Waals surface area contributed by atoms with Crippen molar-refractivity contribution in [2.45, 2.75) is 19.4 Å². The van der Waals surface area contributed by atoms with E-state index in [1.165, 1.54) is 0 Å². The minimum atomic E-state index is -0.334. The molecule has 0 spiro atoms. The van der Waals surface area contributed by atoms with Gasteiger partial charge in [0.15, 0.2) is 6.61 Å². The van der Waals surface area contributed by atoms with E-state index in [0.717, 1.165) is 0 Å². The lowest BCUT2D eigenvalue weighted by molar-refractivity contribution is -0.136. The molecular formula is C15H18N2O3. The first-order valence-electron chi connectivity index (χ1n) is 6.69. The van der Waals surface area contributed by atoms with Gasteiger partial charge < -0.3 is 14.7 Å². The number of likely N-dealkylation sites (tertiary alicyclic amines) is 1. The van der Waals surface area contributed by atoms with Gasteiger partial charge in [-0.15, -0.1) is 0 Å². The van der Waals surface area contributed by atoms with Gasteiger partial charge in [-0.3, -0.25) is 4.79 Å². The fourth-order valence-electron chi connectivity index (χ4n) is 2.28. The third kappa shape index (κ3) is 3.28. The summed E-state index contributed by atoms with van der Waals surface area (Å²) in [7, 11) is 0. The van der Waals surface area contributed by atoms with E-state index in [1.807, 2.05) is 13.0 Å². The van der Waals surface area contributed by atoms with Gasteiger partial charge in [-0.2, -0.15) is 5.26 Å². The third-order valence-corrected chi connectivity index (χ3v) is 3.57. The Bertz CT molecular complexity index is 524. The number of amides is 1. The molecule has 0 aliphatic carbocycles. The molecule has 106 valence electrons. The van der Waals surface area contributed by atoms with Crippen LogP contribution in [0.4, 0.5) is 0 Å². The van der Waals surface area contributed by atoms with Gasteiger partial charge in [0.05, 0.1) is 11.7 Å². The minimum Gasteiger partial charge on any atom is -0.482 e.